The van der Waals surface area contributed by atoms with Gasteiger partial charge in [-0.1, -0.05) is 60.1 Å². The number of hydrogen-bond acceptors (Lipinski definition) is 3. The van der Waals surface area contributed by atoms with E-state index in [9.17, 15) is 0 Å². The number of nitrogens with zero attached hydrogens (tertiary/aromatic N) is 2. The molecule has 0 aromatic heterocycles. The molecule has 0 atom stereocenters. The lowest BCUT2D eigenvalue weighted by molar-refractivity contribution is 0.306. The Kier molecular flexibility index (Phi) is 5.97. The van der Waals surface area contributed by atoms with Gasteiger partial charge >= 0.3 is 0 Å². The standard InChI is InChI=1S/C25H23ClN2O/c1-28-15-14-27-24(23-12-11-21(26)17-25(23)28)13-10-19-8-5-9-22(16-19)29-18-20-6-3-2-4-7-20/h2-13,16-17H,14-15,18H2,1H3. The van der Waals surface area contributed by atoms with Crippen LogP contribution in [0.1, 0.15) is 16.7 Å². The molecule has 0 amide bonds. The second kappa shape index (κ2) is 8.97. The van der Waals surface area contributed by atoms with Crippen LogP contribution in [-0.2, 0) is 6.61 Å². The molecule has 1 aliphatic rings. The molecule has 3 nitrogen and oxygen atoms in total. The van der Waals surface area contributed by atoms with Gasteiger partial charge in [-0.25, -0.2) is 0 Å². The van der Waals surface area contributed by atoms with Crippen molar-refractivity contribution in [3.05, 3.63) is 101 Å². The summed E-state index contributed by atoms with van der Waals surface area (Å²) >= 11 is 6.21. The molecule has 3 aromatic rings. The fraction of sp³-hybridized carbons (Fsp3) is 0.160. The van der Waals surface area contributed by atoms with Gasteiger partial charge in [-0.3, -0.25) is 4.99 Å². The van der Waals surface area contributed by atoms with Crippen LogP contribution in [0.3, 0.4) is 0 Å². The predicted molar refractivity (Wildman–Crippen MR) is 122 cm³/mol. The molecule has 146 valence electrons. The number of anilines is 1. The van der Waals surface area contributed by atoms with Crippen LogP contribution in [-0.4, -0.2) is 25.8 Å². The molecule has 1 aliphatic heterocycles. The maximum absolute atomic E-state index is 6.21. The molecule has 0 bridgehead atoms. The highest BCUT2D eigenvalue weighted by atomic mass is 35.5. The molecule has 0 saturated heterocycles. The minimum Gasteiger partial charge on any atom is -0.489 e. The second-order valence-corrected chi connectivity index (χ2v) is 7.47. The SMILES string of the molecule is CN1CCN=C(C=Cc2cccc(OCc3ccccc3)c2)c2ccc(Cl)cc21. The van der Waals surface area contributed by atoms with Gasteiger partial charge in [0.2, 0.25) is 0 Å². The zero-order valence-electron chi connectivity index (χ0n) is 16.4. The average Bonchev–Trinajstić information content (AvgIpc) is 2.90. The van der Waals surface area contributed by atoms with Gasteiger partial charge in [0.05, 0.1) is 12.3 Å². The number of ether oxygens (including phenoxy) is 1. The van der Waals surface area contributed by atoms with Crippen molar-refractivity contribution in [3.63, 3.8) is 0 Å². The van der Waals surface area contributed by atoms with E-state index >= 15 is 0 Å². The van der Waals surface area contributed by atoms with E-state index in [1.165, 1.54) is 0 Å². The van der Waals surface area contributed by atoms with E-state index in [-0.39, 0.29) is 0 Å². The number of benzodiazepines with no additional fused rings is 1. The fourth-order valence-electron chi connectivity index (χ4n) is 3.33. The highest BCUT2D eigenvalue weighted by molar-refractivity contribution is 6.31. The van der Waals surface area contributed by atoms with Crippen LogP contribution >= 0.6 is 11.6 Å². The van der Waals surface area contributed by atoms with E-state index in [2.05, 4.69) is 42.3 Å². The Morgan fingerprint density at radius 2 is 1.86 bits per heavy atom. The summed E-state index contributed by atoms with van der Waals surface area (Å²) in [7, 11) is 2.07. The topological polar surface area (TPSA) is 24.8 Å². The summed E-state index contributed by atoms with van der Waals surface area (Å²) < 4.78 is 5.94. The molecule has 4 rings (SSSR count). The van der Waals surface area contributed by atoms with Crippen molar-refractivity contribution in [2.45, 2.75) is 6.61 Å². The van der Waals surface area contributed by atoms with E-state index in [4.69, 9.17) is 21.3 Å². The van der Waals surface area contributed by atoms with Crippen molar-refractivity contribution >= 4 is 29.1 Å². The van der Waals surface area contributed by atoms with Gasteiger partial charge in [0.1, 0.15) is 12.4 Å². The predicted octanol–water partition coefficient (Wildman–Crippen LogP) is 5.87. The Balaban J connectivity index is 1.52. The lowest BCUT2D eigenvalue weighted by atomic mass is 10.1. The quantitative estimate of drug-likeness (QED) is 0.533. The molecule has 0 aliphatic carbocycles. The highest BCUT2D eigenvalue weighted by Gasteiger charge is 2.15. The van der Waals surface area contributed by atoms with Crippen LogP contribution in [0.5, 0.6) is 5.75 Å². The summed E-state index contributed by atoms with van der Waals surface area (Å²) in [5.41, 5.74) is 5.41. The fourth-order valence-corrected chi connectivity index (χ4v) is 3.50. The molecule has 0 fully saturated rings. The molecule has 0 radical (unpaired) electrons. The third-order valence-electron chi connectivity index (χ3n) is 4.90. The molecule has 29 heavy (non-hydrogen) atoms. The maximum atomic E-state index is 6.21. The zero-order chi connectivity index (χ0) is 20.1. The smallest absolute Gasteiger partial charge is 0.120 e. The van der Waals surface area contributed by atoms with Crippen LogP contribution in [0.15, 0.2) is 83.9 Å². The maximum Gasteiger partial charge on any atom is 0.120 e. The Bertz CT molecular complexity index is 1040. The van der Waals surface area contributed by atoms with Crippen molar-refractivity contribution in [3.8, 4) is 5.75 Å². The van der Waals surface area contributed by atoms with Crippen molar-refractivity contribution < 1.29 is 4.74 Å². The molecule has 0 unspecified atom stereocenters. The van der Waals surface area contributed by atoms with Gasteiger partial charge in [-0.15, -0.1) is 0 Å². The monoisotopic (exact) mass is 402 g/mol. The number of benzene rings is 3. The molecule has 0 N–H and O–H groups in total. The highest BCUT2D eigenvalue weighted by Crippen LogP contribution is 2.27. The van der Waals surface area contributed by atoms with Crippen LogP contribution in [0.4, 0.5) is 5.69 Å². The normalized spacial score (nSPS) is 13.7. The first-order chi connectivity index (χ1) is 14.2. The van der Waals surface area contributed by atoms with E-state index < -0.39 is 0 Å². The summed E-state index contributed by atoms with van der Waals surface area (Å²) in [5, 5.41) is 0.740. The summed E-state index contributed by atoms with van der Waals surface area (Å²) in [6.45, 7) is 2.18. The lowest BCUT2D eigenvalue weighted by Crippen LogP contribution is -2.20. The number of aliphatic imine (C=N–C) groups is 1. The van der Waals surface area contributed by atoms with Crippen LogP contribution < -0.4 is 9.64 Å². The summed E-state index contributed by atoms with van der Waals surface area (Å²) in [6, 6.07) is 24.3. The average molecular weight is 403 g/mol. The number of fused-ring (bicyclic) bond motifs is 1. The lowest BCUT2D eigenvalue weighted by Gasteiger charge is -2.19. The Morgan fingerprint density at radius 3 is 2.72 bits per heavy atom. The first-order valence-corrected chi connectivity index (χ1v) is 10.1. The molecule has 4 heteroatoms. The molecular weight excluding hydrogens is 380 g/mol. The first-order valence-electron chi connectivity index (χ1n) is 9.69. The Morgan fingerprint density at radius 1 is 1.00 bits per heavy atom. The van der Waals surface area contributed by atoms with Gasteiger partial charge in [0, 0.05) is 29.9 Å². The molecule has 3 aromatic carbocycles. The minimum absolute atomic E-state index is 0.557. The van der Waals surface area contributed by atoms with Crippen molar-refractivity contribution in [1.29, 1.82) is 0 Å². The van der Waals surface area contributed by atoms with E-state index in [1.807, 2.05) is 54.6 Å². The van der Waals surface area contributed by atoms with Gasteiger partial charge in [-0.05, 0) is 47.5 Å². The number of rotatable bonds is 5. The van der Waals surface area contributed by atoms with Crippen molar-refractivity contribution in [1.82, 2.24) is 0 Å². The zero-order valence-corrected chi connectivity index (χ0v) is 17.1. The van der Waals surface area contributed by atoms with Gasteiger partial charge in [-0.2, -0.15) is 0 Å². The number of halogens is 1. The number of hydrogen-bond donors (Lipinski definition) is 0. The summed E-state index contributed by atoms with van der Waals surface area (Å²) in [4.78, 5) is 6.97. The molecular formula is C25H23ClN2O. The number of likely N-dealkylation sites (N-methyl/N-ethyl adjacent to an activating group) is 1. The van der Waals surface area contributed by atoms with Gasteiger partial charge in [0.25, 0.3) is 0 Å². The Labute approximate surface area is 176 Å². The van der Waals surface area contributed by atoms with Crippen molar-refractivity contribution in [2.75, 3.05) is 25.0 Å². The van der Waals surface area contributed by atoms with Gasteiger partial charge in [0.15, 0.2) is 0 Å². The van der Waals surface area contributed by atoms with Crippen LogP contribution in [0.25, 0.3) is 6.08 Å². The number of allylic oxidation sites excluding steroid dienone is 1. The molecule has 0 spiro atoms. The van der Waals surface area contributed by atoms with E-state index in [0.717, 1.165) is 52.0 Å². The van der Waals surface area contributed by atoms with E-state index in [0.29, 0.717) is 6.61 Å². The Hall–Kier alpha value is -3.04. The molecule has 0 saturated carbocycles. The minimum atomic E-state index is 0.557. The molecule has 1 heterocycles. The summed E-state index contributed by atoms with van der Waals surface area (Å²) in [6.07, 6.45) is 4.15. The second-order valence-electron chi connectivity index (χ2n) is 7.03. The van der Waals surface area contributed by atoms with Crippen LogP contribution in [0, 0.1) is 0 Å². The van der Waals surface area contributed by atoms with E-state index in [1.54, 1.807) is 0 Å². The van der Waals surface area contributed by atoms with Crippen LogP contribution in [0.2, 0.25) is 5.02 Å². The third kappa shape index (κ3) is 4.87. The third-order valence-corrected chi connectivity index (χ3v) is 5.14. The first kappa shape index (κ1) is 19.3. The van der Waals surface area contributed by atoms with Crippen molar-refractivity contribution in [2.24, 2.45) is 4.99 Å². The van der Waals surface area contributed by atoms with Gasteiger partial charge < -0.3 is 9.64 Å². The summed E-state index contributed by atoms with van der Waals surface area (Å²) in [5.74, 6) is 0.853. The largest absolute Gasteiger partial charge is 0.489 e.